The molecule has 0 aliphatic heterocycles. The predicted molar refractivity (Wildman–Crippen MR) is 57.8 cm³/mol. The topological polar surface area (TPSA) is 90.0 Å². The molecule has 7 nitrogen and oxygen atoms in total. The van der Waals surface area contributed by atoms with Crippen LogP contribution in [0, 0.1) is 0 Å². The van der Waals surface area contributed by atoms with Gasteiger partial charge in [-0.2, -0.15) is 5.10 Å². The maximum Gasteiger partial charge on any atom is 0.337 e. The van der Waals surface area contributed by atoms with E-state index in [4.69, 9.17) is 5.11 Å². The second kappa shape index (κ2) is 4.20. The minimum Gasteiger partial charge on any atom is -0.478 e. The highest BCUT2D eigenvalue weighted by Crippen LogP contribution is 1.99. The van der Waals surface area contributed by atoms with Crippen LogP contribution in [0.3, 0.4) is 0 Å². The van der Waals surface area contributed by atoms with Crippen LogP contribution in [0.4, 0.5) is 0 Å². The minimum atomic E-state index is -1.07. The van der Waals surface area contributed by atoms with E-state index in [-0.39, 0.29) is 17.7 Å². The lowest BCUT2D eigenvalue weighted by atomic mass is 10.3. The van der Waals surface area contributed by atoms with Gasteiger partial charge in [-0.05, 0) is 6.07 Å². The Morgan fingerprint density at radius 1 is 1.47 bits per heavy atom. The Morgan fingerprint density at radius 2 is 2.24 bits per heavy atom. The number of aryl methyl sites for hydroxylation is 1. The molecule has 2 aromatic rings. The number of hydrogen-bond acceptors (Lipinski definition) is 4. The molecular weight excluding hydrogens is 224 g/mol. The number of nitrogens with zero attached hydrogens (tertiary/aromatic N) is 4. The van der Waals surface area contributed by atoms with Crippen molar-refractivity contribution in [3.8, 4) is 0 Å². The van der Waals surface area contributed by atoms with Gasteiger partial charge in [-0.3, -0.25) is 9.48 Å². The number of aromatic carboxylic acids is 1. The van der Waals surface area contributed by atoms with Gasteiger partial charge in [-0.15, -0.1) is 0 Å². The van der Waals surface area contributed by atoms with Gasteiger partial charge in [-0.25, -0.2) is 9.78 Å². The van der Waals surface area contributed by atoms with Crippen LogP contribution >= 0.6 is 0 Å². The van der Waals surface area contributed by atoms with Crippen LogP contribution in [0.1, 0.15) is 16.2 Å². The molecule has 1 N–H and O–H groups in total. The molecule has 2 aromatic heterocycles. The summed E-state index contributed by atoms with van der Waals surface area (Å²) in [6.07, 6.45) is 2.67. The van der Waals surface area contributed by atoms with Crippen molar-refractivity contribution < 1.29 is 9.90 Å². The Balaban J connectivity index is 2.39. The number of rotatable bonds is 3. The van der Waals surface area contributed by atoms with Gasteiger partial charge in [-0.1, -0.05) is 0 Å². The van der Waals surface area contributed by atoms with Crippen LogP contribution in [-0.2, 0) is 13.6 Å². The zero-order valence-electron chi connectivity index (χ0n) is 9.07. The van der Waals surface area contributed by atoms with Crippen molar-refractivity contribution in [1.82, 2.24) is 19.3 Å². The second-order valence-corrected chi connectivity index (χ2v) is 3.49. The minimum absolute atomic E-state index is 0.0618. The largest absolute Gasteiger partial charge is 0.478 e. The van der Waals surface area contributed by atoms with E-state index in [0.29, 0.717) is 5.82 Å². The SMILES string of the molecule is Cn1ncnc1Cn1cc(C(=O)O)ccc1=O. The molecule has 7 heteroatoms. The maximum atomic E-state index is 11.5. The molecule has 2 rings (SSSR count). The van der Waals surface area contributed by atoms with Crippen molar-refractivity contribution in [2.75, 3.05) is 0 Å². The summed E-state index contributed by atoms with van der Waals surface area (Å²) in [5, 5.41) is 12.7. The van der Waals surface area contributed by atoms with Crippen molar-refractivity contribution in [3.63, 3.8) is 0 Å². The highest BCUT2D eigenvalue weighted by molar-refractivity contribution is 5.87. The molecule has 0 spiro atoms. The number of carboxylic acid groups (broad SMARTS) is 1. The highest BCUT2D eigenvalue weighted by atomic mass is 16.4. The summed E-state index contributed by atoms with van der Waals surface area (Å²) >= 11 is 0. The Bertz CT molecular complexity index is 614. The fraction of sp³-hybridized carbons (Fsp3) is 0.200. The lowest BCUT2D eigenvalue weighted by molar-refractivity contribution is 0.0696. The molecular formula is C10H10N4O3. The molecule has 0 bridgehead atoms. The third kappa shape index (κ3) is 2.22. The fourth-order valence-corrected chi connectivity index (χ4v) is 1.40. The molecule has 0 atom stereocenters. The van der Waals surface area contributed by atoms with E-state index >= 15 is 0 Å². The summed E-state index contributed by atoms with van der Waals surface area (Å²) in [5.41, 5.74) is -0.218. The number of pyridine rings is 1. The van der Waals surface area contributed by atoms with Gasteiger partial charge < -0.3 is 9.67 Å². The molecule has 0 saturated heterocycles. The van der Waals surface area contributed by atoms with Gasteiger partial charge in [0.05, 0.1) is 12.1 Å². The summed E-state index contributed by atoms with van der Waals surface area (Å²) in [4.78, 5) is 26.3. The van der Waals surface area contributed by atoms with Gasteiger partial charge in [0.1, 0.15) is 12.2 Å². The summed E-state index contributed by atoms with van der Waals surface area (Å²) in [6, 6.07) is 2.50. The first-order valence-corrected chi connectivity index (χ1v) is 4.84. The number of carbonyl (C=O) groups is 1. The summed E-state index contributed by atoms with van der Waals surface area (Å²) in [6.45, 7) is 0.191. The summed E-state index contributed by atoms with van der Waals surface area (Å²) in [5.74, 6) is -0.494. The standard InChI is InChI=1S/C10H10N4O3/c1-13-8(11-6-12-13)5-14-4-7(10(16)17)2-3-9(14)15/h2-4,6H,5H2,1H3,(H,16,17). The average Bonchev–Trinajstić information content (AvgIpc) is 2.67. The maximum absolute atomic E-state index is 11.5. The van der Waals surface area contributed by atoms with Crippen LogP contribution in [-0.4, -0.2) is 30.4 Å². The van der Waals surface area contributed by atoms with E-state index in [1.807, 2.05) is 0 Å². The zero-order chi connectivity index (χ0) is 12.4. The predicted octanol–water partition coefficient (Wildman–Crippen LogP) is -0.277. The quantitative estimate of drug-likeness (QED) is 0.789. The summed E-state index contributed by atoms with van der Waals surface area (Å²) in [7, 11) is 1.70. The third-order valence-electron chi connectivity index (χ3n) is 2.35. The lowest BCUT2D eigenvalue weighted by Crippen LogP contribution is -2.22. The Kier molecular flexibility index (Phi) is 2.73. The molecule has 0 unspecified atom stereocenters. The molecule has 0 radical (unpaired) electrons. The molecule has 0 aromatic carbocycles. The van der Waals surface area contributed by atoms with E-state index in [9.17, 15) is 9.59 Å². The first kappa shape index (κ1) is 11.1. The van der Waals surface area contributed by atoms with E-state index in [1.165, 1.54) is 33.9 Å². The second-order valence-electron chi connectivity index (χ2n) is 3.49. The molecule has 0 aliphatic carbocycles. The smallest absolute Gasteiger partial charge is 0.337 e. The van der Waals surface area contributed by atoms with Crippen molar-refractivity contribution in [3.05, 3.63) is 46.4 Å². The van der Waals surface area contributed by atoms with Gasteiger partial charge >= 0.3 is 5.97 Å². The van der Waals surface area contributed by atoms with Crippen LogP contribution < -0.4 is 5.56 Å². The van der Waals surface area contributed by atoms with Gasteiger partial charge in [0, 0.05) is 19.3 Å². The molecule has 0 saturated carbocycles. The Labute approximate surface area is 96.0 Å². The zero-order valence-corrected chi connectivity index (χ0v) is 9.07. The van der Waals surface area contributed by atoms with Gasteiger partial charge in [0.25, 0.3) is 5.56 Å². The van der Waals surface area contributed by atoms with Crippen molar-refractivity contribution in [2.45, 2.75) is 6.54 Å². The van der Waals surface area contributed by atoms with Gasteiger partial charge in [0.15, 0.2) is 0 Å². The van der Waals surface area contributed by atoms with Crippen LogP contribution in [0.5, 0.6) is 0 Å². The van der Waals surface area contributed by atoms with E-state index in [0.717, 1.165) is 0 Å². The molecule has 0 aliphatic rings. The molecule has 0 amide bonds. The molecule has 2 heterocycles. The fourth-order valence-electron chi connectivity index (χ4n) is 1.40. The first-order valence-electron chi connectivity index (χ1n) is 4.84. The van der Waals surface area contributed by atoms with E-state index < -0.39 is 5.97 Å². The van der Waals surface area contributed by atoms with E-state index in [1.54, 1.807) is 7.05 Å². The van der Waals surface area contributed by atoms with Crippen molar-refractivity contribution >= 4 is 5.97 Å². The molecule has 88 valence electrons. The van der Waals surface area contributed by atoms with Crippen LogP contribution in [0.25, 0.3) is 0 Å². The van der Waals surface area contributed by atoms with Crippen LogP contribution in [0.2, 0.25) is 0 Å². The number of aromatic nitrogens is 4. The average molecular weight is 234 g/mol. The monoisotopic (exact) mass is 234 g/mol. The Hall–Kier alpha value is -2.44. The number of carboxylic acids is 1. The first-order chi connectivity index (χ1) is 8.08. The third-order valence-corrected chi connectivity index (χ3v) is 2.35. The van der Waals surface area contributed by atoms with Crippen molar-refractivity contribution in [1.29, 1.82) is 0 Å². The van der Waals surface area contributed by atoms with Gasteiger partial charge in [0.2, 0.25) is 0 Å². The normalized spacial score (nSPS) is 10.4. The Morgan fingerprint density at radius 3 is 2.82 bits per heavy atom. The van der Waals surface area contributed by atoms with Crippen LogP contribution in [0.15, 0.2) is 29.5 Å². The highest BCUT2D eigenvalue weighted by Gasteiger charge is 2.07. The van der Waals surface area contributed by atoms with Crippen molar-refractivity contribution in [2.24, 2.45) is 7.05 Å². The number of hydrogen-bond donors (Lipinski definition) is 1. The summed E-state index contributed by atoms with van der Waals surface area (Å²) < 4.78 is 2.81. The molecule has 17 heavy (non-hydrogen) atoms. The molecule has 0 fully saturated rings. The van der Waals surface area contributed by atoms with E-state index in [2.05, 4.69) is 10.1 Å². The lowest BCUT2D eigenvalue weighted by Gasteiger charge is -2.05.